The maximum atomic E-state index is 13.3. The van der Waals surface area contributed by atoms with Crippen molar-refractivity contribution in [1.82, 2.24) is 10.2 Å². The van der Waals surface area contributed by atoms with Gasteiger partial charge in [-0.2, -0.15) is 0 Å². The highest BCUT2D eigenvalue weighted by Gasteiger charge is 2.45. The van der Waals surface area contributed by atoms with E-state index in [0.29, 0.717) is 21.7 Å². The van der Waals surface area contributed by atoms with Crippen LogP contribution in [0.5, 0.6) is 11.5 Å². The molecule has 29 heavy (non-hydrogen) atoms. The standard InChI is InChI=1S/C20H13N3O5S/c1-27-14-8-10(6-7-12(14)24)16-15-17(25)11-4-2-3-5-13(11)28-18(15)19(26)23(16)20-22-21-9-29-20/h2-9,16,24H,1H3/t16-/m1/s1. The summed E-state index contributed by atoms with van der Waals surface area (Å²) in [5, 5.41) is 18.5. The molecular formula is C20H13N3O5S. The molecule has 3 heterocycles. The SMILES string of the molecule is COc1cc([C@@H]2c3c(oc4ccccc4c3=O)C(=O)N2c2nncs2)ccc1O. The molecule has 0 unspecified atom stereocenters. The van der Waals surface area contributed by atoms with Crippen molar-refractivity contribution < 1.29 is 19.1 Å². The second kappa shape index (κ2) is 6.42. The van der Waals surface area contributed by atoms with Gasteiger partial charge in [0.05, 0.1) is 24.1 Å². The Kier molecular flexibility index (Phi) is 3.85. The van der Waals surface area contributed by atoms with Gasteiger partial charge in [-0.3, -0.25) is 14.5 Å². The third-order valence-electron chi connectivity index (χ3n) is 4.85. The number of fused-ring (bicyclic) bond motifs is 2. The molecule has 0 spiro atoms. The minimum Gasteiger partial charge on any atom is -0.504 e. The van der Waals surface area contributed by atoms with Crippen molar-refractivity contribution in [3.8, 4) is 11.5 Å². The molecule has 1 amide bonds. The first-order valence-electron chi connectivity index (χ1n) is 8.62. The fourth-order valence-corrected chi connectivity index (χ4v) is 4.15. The second-order valence-electron chi connectivity index (χ2n) is 6.40. The molecule has 0 radical (unpaired) electrons. The molecule has 2 aromatic heterocycles. The Hall–Kier alpha value is -3.72. The Bertz CT molecular complexity index is 1320. The zero-order chi connectivity index (χ0) is 20.1. The summed E-state index contributed by atoms with van der Waals surface area (Å²) >= 11 is 1.17. The van der Waals surface area contributed by atoms with E-state index >= 15 is 0 Å². The Morgan fingerprint density at radius 2 is 2.03 bits per heavy atom. The predicted octanol–water partition coefficient (Wildman–Crippen LogP) is 3.11. The lowest BCUT2D eigenvalue weighted by atomic mass is 9.98. The number of para-hydroxylation sites is 1. The number of benzene rings is 2. The molecule has 4 aromatic rings. The van der Waals surface area contributed by atoms with Gasteiger partial charge in [-0.25, -0.2) is 0 Å². The fourth-order valence-electron chi connectivity index (χ4n) is 3.57. The van der Waals surface area contributed by atoms with Crippen LogP contribution in [-0.4, -0.2) is 28.3 Å². The van der Waals surface area contributed by atoms with Crippen LogP contribution in [0.3, 0.4) is 0 Å². The van der Waals surface area contributed by atoms with Crippen LogP contribution >= 0.6 is 11.3 Å². The van der Waals surface area contributed by atoms with Gasteiger partial charge in [-0.15, -0.1) is 10.2 Å². The molecule has 0 saturated carbocycles. The Labute approximate surface area is 167 Å². The van der Waals surface area contributed by atoms with Gasteiger partial charge < -0.3 is 14.3 Å². The molecule has 2 aromatic carbocycles. The maximum absolute atomic E-state index is 13.3. The molecule has 1 N–H and O–H groups in total. The van der Waals surface area contributed by atoms with Crippen molar-refractivity contribution in [2.45, 2.75) is 6.04 Å². The van der Waals surface area contributed by atoms with Crippen molar-refractivity contribution in [2.24, 2.45) is 0 Å². The number of methoxy groups -OCH3 is 1. The average molecular weight is 407 g/mol. The first-order chi connectivity index (χ1) is 14.1. The molecule has 0 saturated heterocycles. The van der Waals surface area contributed by atoms with Crippen LogP contribution in [0, 0.1) is 0 Å². The number of phenols is 1. The van der Waals surface area contributed by atoms with E-state index in [1.165, 1.54) is 34.9 Å². The summed E-state index contributed by atoms with van der Waals surface area (Å²) in [4.78, 5) is 28.0. The van der Waals surface area contributed by atoms with E-state index in [1.54, 1.807) is 36.4 Å². The Balaban J connectivity index is 1.83. The quantitative estimate of drug-likeness (QED) is 0.556. The summed E-state index contributed by atoms with van der Waals surface area (Å²) in [5.41, 5.74) is 2.34. The van der Waals surface area contributed by atoms with E-state index in [-0.39, 0.29) is 28.3 Å². The van der Waals surface area contributed by atoms with Crippen molar-refractivity contribution >= 4 is 33.3 Å². The summed E-state index contributed by atoms with van der Waals surface area (Å²) < 4.78 is 11.0. The van der Waals surface area contributed by atoms with Crippen LogP contribution in [0.2, 0.25) is 0 Å². The monoisotopic (exact) mass is 407 g/mol. The number of carbonyl (C=O) groups is 1. The van der Waals surface area contributed by atoms with Gasteiger partial charge in [0, 0.05) is 0 Å². The normalized spacial score (nSPS) is 15.7. The second-order valence-corrected chi connectivity index (χ2v) is 7.21. The molecule has 5 rings (SSSR count). The number of aromatic hydroxyl groups is 1. The van der Waals surface area contributed by atoms with Crippen molar-refractivity contribution in [2.75, 3.05) is 12.0 Å². The number of anilines is 1. The van der Waals surface area contributed by atoms with Crippen LogP contribution in [0.25, 0.3) is 11.0 Å². The number of ether oxygens (including phenoxy) is 1. The maximum Gasteiger partial charge on any atom is 0.297 e. The van der Waals surface area contributed by atoms with Gasteiger partial charge in [-0.1, -0.05) is 29.5 Å². The zero-order valence-corrected chi connectivity index (χ0v) is 15.8. The van der Waals surface area contributed by atoms with Gasteiger partial charge in [0.1, 0.15) is 11.1 Å². The third-order valence-corrected chi connectivity index (χ3v) is 5.54. The van der Waals surface area contributed by atoms with Gasteiger partial charge >= 0.3 is 0 Å². The average Bonchev–Trinajstić information content (AvgIpc) is 3.35. The van der Waals surface area contributed by atoms with E-state index in [0.717, 1.165) is 0 Å². The van der Waals surface area contributed by atoms with Gasteiger partial charge in [0.2, 0.25) is 10.9 Å². The van der Waals surface area contributed by atoms with Crippen molar-refractivity contribution in [1.29, 1.82) is 0 Å². The minimum atomic E-state index is -0.791. The van der Waals surface area contributed by atoms with Crippen molar-refractivity contribution in [3.05, 3.63) is 75.1 Å². The van der Waals surface area contributed by atoms with E-state index in [2.05, 4.69) is 10.2 Å². The van der Waals surface area contributed by atoms with E-state index in [1.807, 2.05) is 0 Å². The molecule has 0 aliphatic carbocycles. The van der Waals surface area contributed by atoms with Crippen LogP contribution in [0.1, 0.15) is 27.7 Å². The van der Waals surface area contributed by atoms with Crippen LogP contribution in [-0.2, 0) is 0 Å². The van der Waals surface area contributed by atoms with E-state index in [9.17, 15) is 14.7 Å². The van der Waals surface area contributed by atoms with E-state index < -0.39 is 11.9 Å². The first-order valence-corrected chi connectivity index (χ1v) is 9.50. The highest BCUT2D eigenvalue weighted by Crippen LogP contribution is 2.43. The highest BCUT2D eigenvalue weighted by molar-refractivity contribution is 7.13. The zero-order valence-electron chi connectivity index (χ0n) is 15.0. The number of carbonyl (C=O) groups excluding carboxylic acids is 1. The van der Waals surface area contributed by atoms with Gasteiger partial charge in [-0.05, 0) is 29.8 Å². The molecule has 0 bridgehead atoms. The van der Waals surface area contributed by atoms with Crippen molar-refractivity contribution in [3.63, 3.8) is 0 Å². The minimum absolute atomic E-state index is 0.0269. The van der Waals surface area contributed by atoms with Crippen LogP contribution in [0.4, 0.5) is 5.13 Å². The van der Waals surface area contributed by atoms with Gasteiger partial charge in [0.25, 0.3) is 5.91 Å². The number of amides is 1. The lowest BCUT2D eigenvalue weighted by Gasteiger charge is -2.22. The number of aromatic nitrogens is 2. The van der Waals surface area contributed by atoms with Gasteiger partial charge in [0.15, 0.2) is 16.9 Å². The number of nitrogens with zero attached hydrogens (tertiary/aromatic N) is 3. The predicted molar refractivity (Wildman–Crippen MR) is 106 cm³/mol. The topological polar surface area (TPSA) is 106 Å². The largest absolute Gasteiger partial charge is 0.504 e. The molecule has 1 atom stereocenters. The summed E-state index contributed by atoms with van der Waals surface area (Å²) in [6.45, 7) is 0. The molecular weight excluding hydrogens is 394 g/mol. The molecule has 8 nitrogen and oxygen atoms in total. The van der Waals surface area contributed by atoms with Crippen LogP contribution in [0.15, 0.2) is 57.2 Å². The lowest BCUT2D eigenvalue weighted by molar-refractivity contribution is 0.0970. The molecule has 0 fully saturated rings. The number of rotatable bonds is 3. The lowest BCUT2D eigenvalue weighted by Crippen LogP contribution is -2.29. The molecule has 1 aliphatic rings. The fraction of sp³-hybridized carbons (Fsp3) is 0.100. The smallest absolute Gasteiger partial charge is 0.297 e. The summed E-state index contributed by atoms with van der Waals surface area (Å²) in [6.07, 6.45) is 0. The molecule has 9 heteroatoms. The summed E-state index contributed by atoms with van der Waals surface area (Å²) in [6, 6.07) is 10.7. The molecule has 144 valence electrons. The molecule has 1 aliphatic heterocycles. The number of hydrogen-bond donors (Lipinski definition) is 1. The summed E-state index contributed by atoms with van der Waals surface area (Å²) in [5.74, 6) is -0.322. The number of phenolic OH excluding ortho intramolecular Hbond substituents is 1. The Morgan fingerprint density at radius 1 is 1.21 bits per heavy atom. The number of hydrogen-bond acceptors (Lipinski definition) is 8. The first kappa shape index (κ1) is 17.4. The highest BCUT2D eigenvalue weighted by atomic mass is 32.1. The Morgan fingerprint density at radius 3 is 2.79 bits per heavy atom. The van der Waals surface area contributed by atoms with E-state index in [4.69, 9.17) is 9.15 Å². The summed E-state index contributed by atoms with van der Waals surface area (Å²) in [7, 11) is 1.43. The van der Waals surface area contributed by atoms with Crippen LogP contribution < -0.4 is 15.1 Å². The third kappa shape index (κ3) is 2.51.